The summed E-state index contributed by atoms with van der Waals surface area (Å²) >= 11 is 6.22. The summed E-state index contributed by atoms with van der Waals surface area (Å²) in [6.07, 6.45) is 5.74. The Labute approximate surface area is 263 Å². The van der Waals surface area contributed by atoms with Crippen LogP contribution in [0.4, 0.5) is 0 Å². The Bertz CT molecular complexity index is 1580. The SMILES string of the molecule is CC(C(CCC/C=C/c1ccccc1)c1ccc(Cl)cc1)N(Cc1ccc2ccccc2c1)C(=O)CC(CC(=O)O)C(=O)O. The van der Waals surface area contributed by atoms with Crippen LogP contribution in [0.3, 0.4) is 0 Å². The molecule has 6 nitrogen and oxygen atoms in total. The molecule has 0 spiro atoms. The van der Waals surface area contributed by atoms with E-state index in [0.717, 1.165) is 46.7 Å². The summed E-state index contributed by atoms with van der Waals surface area (Å²) < 4.78 is 0. The van der Waals surface area contributed by atoms with Crippen LogP contribution in [-0.2, 0) is 20.9 Å². The number of allylic oxidation sites excluding steroid dienone is 1. The second-order valence-corrected chi connectivity index (χ2v) is 11.6. The fourth-order valence-electron chi connectivity index (χ4n) is 5.63. The number of amides is 1. The van der Waals surface area contributed by atoms with E-state index >= 15 is 0 Å². The van der Waals surface area contributed by atoms with Crippen molar-refractivity contribution in [3.63, 3.8) is 0 Å². The van der Waals surface area contributed by atoms with Crippen molar-refractivity contribution >= 4 is 46.3 Å². The number of carboxylic acids is 2. The second-order valence-electron chi connectivity index (χ2n) is 11.2. The van der Waals surface area contributed by atoms with Gasteiger partial charge in [0.15, 0.2) is 0 Å². The van der Waals surface area contributed by atoms with Crippen LogP contribution in [0.2, 0.25) is 5.02 Å². The molecule has 0 bridgehead atoms. The number of fused-ring (bicyclic) bond motifs is 1. The fourth-order valence-corrected chi connectivity index (χ4v) is 5.76. The van der Waals surface area contributed by atoms with E-state index in [1.165, 1.54) is 0 Å². The number of unbranched alkanes of at least 4 members (excludes halogenated alkanes) is 1. The molecular weight excluding hydrogens is 574 g/mol. The molecule has 228 valence electrons. The predicted molar refractivity (Wildman–Crippen MR) is 175 cm³/mol. The maximum Gasteiger partial charge on any atom is 0.307 e. The third-order valence-electron chi connectivity index (χ3n) is 8.05. The third kappa shape index (κ3) is 9.29. The summed E-state index contributed by atoms with van der Waals surface area (Å²) in [5.41, 5.74) is 3.08. The van der Waals surface area contributed by atoms with Crippen LogP contribution in [0.5, 0.6) is 0 Å². The van der Waals surface area contributed by atoms with Gasteiger partial charge in [-0.2, -0.15) is 0 Å². The van der Waals surface area contributed by atoms with Gasteiger partial charge in [0, 0.05) is 29.9 Å². The predicted octanol–water partition coefficient (Wildman–Crippen LogP) is 8.44. The quantitative estimate of drug-likeness (QED) is 0.132. The van der Waals surface area contributed by atoms with Gasteiger partial charge in [-0.1, -0.05) is 103 Å². The van der Waals surface area contributed by atoms with Gasteiger partial charge in [0.05, 0.1) is 12.3 Å². The van der Waals surface area contributed by atoms with Crippen LogP contribution in [0.15, 0.2) is 103 Å². The van der Waals surface area contributed by atoms with Crippen molar-refractivity contribution in [2.24, 2.45) is 5.92 Å². The molecule has 0 saturated carbocycles. The number of aliphatic carboxylic acids is 2. The Hall–Kier alpha value is -4.42. The molecule has 4 aromatic carbocycles. The molecule has 0 fully saturated rings. The van der Waals surface area contributed by atoms with Gasteiger partial charge in [-0.15, -0.1) is 0 Å². The average Bonchev–Trinajstić information content (AvgIpc) is 3.01. The largest absolute Gasteiger partial charge is 0.481 e. The molecular formula is C37H38ClNO5. The van der Waals surface area contributed by atoms with Crippen molar-refractivity contribution in [2.75, 3.05) is 0 Å². The molecule has 4 aromatic rings. The minimum absolute atomic E-state index is 0.0652. The van der Waals surface area contributed by atoms with E-state index in [-0.39, 0.29) is 24.4 Å². The molecule has 0 aliphatic heterocycles. The van der Waals surface area contributed by atoms with E-state index in [4.69, 9.17) is 11.6 Å². The molecule has 7 heteroatoms. The van der Waals surface area contributed by atoms with Crippen molar-refractivity contribution in [2.45, 2.75) is 57.5 Å². The lowest BCUT2D eigenvalue weighted by atomic mass is 9.86. The normalized spacial score (nSPS) is 13.4. The van der Waals surface area contributed by atoms with Gasteiger partial charge in [0.2, 0.25) is 5.91 Å². The van der Waals surface area contributed by atoms with Crippen LogP contribution >= 0.6 is 11.6 Å². The Kier molecular flexibility index (Phi) is 11.7. The number of halogens is 1. The van der Waals surface area contributed by atoms with Gasteiger partial charge in [-0.3, -0.25) is 14.4 Å². The zero-order valence-electron chi connectivity index (χ0n) is 24.8. The molecule has 0 aliphatic carbocycles. The molecule has 3 unspecified atom stereocenters. The van der Waals surface area contributed by atoms with Crippen LogP contribution in [0.1, 0.15) is 61.6 Å². The molecule has 4 rings (SSSR count). The maximum atomic E-state index is 13.9. The summed E-state index contributed by atoms with van der Waals surface area (Å²) in [5, 5.41) is 21.7. The summed E-state index contributed by atoms with van der Waals surface area (Å²) in [7, 11) is 0. The lowest BCUT2D eigenvalue weighted by Gasteiger charge is -2.36. The van der Waals surface area contributed by atoms with E-state index in [1.54, 1.807) is 4.90 Å². The van der Waals surface area contributed by atoms with E-state index in [9.17, 15) is 24.6 Å². The highest BCUT2D eigenvalue weighted by Gasteiger charge is 2.32. The molecule has 2 N–H and O–H groups in total. The lowest BCUT2D eigenvalue weighted by molar-refractivity contribution is -0.151. The number of carboxylic acid groups (broad SMARTS) is 2. The fraction of sp³-hybridized carbons (Fsp3) is 0.270. The van der Waals surface area contributed by atoms with E-state index in [0.29, 0.717) is 5.02 Å². The highest BCUT2D eigenvalue weighted by Crippen LogP contribution is 2.32. The van der Waals surface area contributed by atoms with Crippen LogP contribution < -0.4 is 0 Å². The number of hydrogen-bond donors (Lipinski definition) is 2. The molecule has 0 saturated heterocycles. The standard InChI is InChI=1S/C37H38ClNO5/c1-26(34(30-18-20-33(38)21-19-30)15-7-3-6-12-27-10-4-2-5-11-27)39(35(40)23-32(37(43)44)24-36(41)42)25-28-16-17-29-13-8-9-14-31(29)22-28/h2,4-6,8-14,16-22,26,32,34H,3,7,15,23-25H2,1H3,(H,41,42)(H,43,44)/b12-6+. The zero-order valence-corrected chi connectivity index (χ0v) is 25.6. The van der Waals surface area contributed by atoms with Gasteiger partial charge < -0.3 is 15.1 Å². The Balaban J connectivity index is 1.62. The molecule has 3 atom stereocenters. The van der Waals surface area contributed by atoms with Gasteiger partial charge in [-0.05, 0) is 71.8 Å². The van der Waals surface area contributed by atoms with Gasteiger partial charge in [0.1, 0.15) is 0 Å². The van der Waals surface area contributed by atoms with Crippen LogP contribution in [-0.4, -0.2) is 39.0 Å². The van der Waals surface area contributed by atoms with Crippen LogP contribution in [0, 0.1) is 5.92 Å². The molecule has 0 heterocycles. The number of carbonyl (C=O) groups excluding carboxylic acids is 1. The van der Waals surface area contributed by atoms with Gasteiger partial charge in [-0.25, -0.2) is 0 Å². The number of nitrogens with zero attached hydrogens (tertiary/aromatic N) is 1. The van der Waals surface area contributed by atoms with Gasteiger partial charge in [0.25, 0.3) is 0 Å². The number of hydrogen-bond acceptors (Lipinski definition) is 3. The Morgan fingerprint density at radius 2 is 1.52 bits per heavy atom. The second kappa shape index (κ2) is 15.9. The monoisotopic (exact) mass is 611 g/mol. The Morgan fingerprint density at radius 3 is 2.20 bits per heavy atom. The minimum Gasteiger partial charge on any atom is -0.481 e. The smallest absolute Gasteiger partial charge is 0.307 e. The maximum absolute atomic E-state index is 13.9. The summed E-state index contributed by atoms with van der Waals surface area (Å²) in [6.45, 7) is 2.26. The minimum atomic E-state index is -1.32. The summed E-state index contributed by atoms with van der Waals surface area (Å²) in [5.74, 6) is -4.31. The number of benzene rings is 4. The number of carbonyl (C=O) groups is 3. The highest BCUT2D eigenvalue weighted by atomic mass is 35.5. The molecule has 0 aliphatic rings. The topological polar surface area (TPSA) is 94.9 Å². The van der Waals surface area contributed by atoms with E-state index < -0.39 is 30.7 Å². The van der Waals surface area contributed by atoms with Gasteiger partial charge >= 0.3 is 11.9 Å². The third-order valence-corrected chi connectivity index (χ3v) is 8.30. The molecule has 0 aromatic heterocycles. The first-order valence-electron chi connectivity index (χ1n) is 14.9. The summed E-state index contributed by atoms with van der Waals surface area (Å²) in [4.78, 5) is 38.9. The van der Waals surface area contributed by atoms with Crippen molar-refractivity contribution < 1.29 is 24.6 Å². The van der Waals surface area contributed by atoms with Crippen molar-refractivity contribution in [1.82, 2.24) is 4.90 Å². The molecule has 0 radical (unpaired) electrons. The van der Waals surface area contributed by atoms with E-state index in [2.05, 4.69) is 24.3 Å². The first-order valence-corrected chi connectivity index (χ1v) is 15.3. The number of rotatable bonds is 15. The average molecular weight is 612 g/mol. The van der Waals surface area contributed by atoms with Crippen molar-refractivity contribution in [3.05, 3.63) is 125 Å². The summed E-state index contributed by atoms with van der Waals surface area (Å²) in [6, 6.07) is 31.4. The molecule has 44 heavy (non-hydrogen) atoms. The molecule has 1 amide bonds. The highest BCUT2D eigenvalue weighted by molar-refractivity contribution is 6.30. The van der Waals surface area contributed by atoms with Crippen molar-refractivity contribution in [3.8, 4) is 0 Å². The van der Waals surface area contributed by atoms with Crippen molar-refractivity contribution in [1.29, 1.82) is 0 Å². The Morgan fingerprint density at radius 1 is 0.841 bits per heavy atom. The zero-order chi connectivity index (χ0) is 31.5. The lowest BCUT2D eigenvalue weighted by Crippen LogP contribution is -2.43. The van der Waals surface area contributed by atoms with Crippen LogP contribution in [0.25, 0.3) is 16.8 Å². The first-order chi connectivity index (χ1) is 21.2. The van der Waals surface area contributed by atoms with E-state index in [1.807, 2.05) is 91.9 Å². The first kappa shape index (κ1) is 32.5.